The number of nitrogen functional groups attached to an aromatic ring is 1. The van der Waals surface area contributed by atoms with Crippen molar-refractivity contribution in [2.75, 3.05) is 24.3 Å². The molecule has 3 aromatic heterocycles. The first kappa shape index (κ1) is 21.1. The Labute approximate surface area is 196 Å². The van der Waals surface area contributed by atoms with Crippen LogP contribution in [-0.2, 0) is 6.54 Å². The van der Waals surface area contributed by atoms with Crippen molar-refractivity contribution in [3.63, 3.8) is 0 Å². The highest BCUT2D eigenvalue weighted by Crippen LogP contribution is 2.34. The van der Waals surface area contributed by atoms with Gasteiger partial charge in [0.2, 0.25) is 5.95 Å². The fourth-order valence-electron chi connectivity index (χ4n) is 5.19. The van der Waals surface area contributed by atoms with E-state index in [1.807, 2.05) is 6.20 Å². The van der Waals surface area contributed by atoms with Gasteiger partial charge in [0.05, 0.1) is 24.5 Å². The number of rotatable bonds is 5. The highest BCUT2D eigenvalue weighted by atomic mass is 19.1. The third-order valence-corrected chi connectivity index (χ3v) is 7.46. The van der Waals surface area contributed by atoms with Gasteiger partial charge in [-0.15, -0.1) is 5.10 Å². The molecule has 2 atom stereocenters. The maximum Gasteiger partial charge on any atom is 0.223 e. The third kappa shape index (κ3) is 3.52. The molecular weight excluding hydrogens is 435 g/mol. The number of ether oxygens (including phenoxy) is 1. The highest BCUT2D eigenvalue weighted by Gasteiger charge is 2.31. The Kier molecular flexibility index (Phi) is 5.04. The van der Waals surface area contributed by atoms with Crippen molar-refractivity contribution in [3.05, 3.63) is 36.2 Å². The van der Waals surface area contributed by atoms with Crippen molar-refractivity contribution in [2.45, 2.75) is 57.5 Å². The van der Waals surface area contributed by atoms with Gasteiger partial charge in [-0.05, 0) is 44.6 Å². The van der Waals surface area contributed by atoms with Gasteiger partial charge in [0, 0.05) is 42.7 Å². The standard InChI is InChI=1S/C24H29FN8O/c1-14-6-7-16(12-32(14)17-10-27-31(13-17)11-15-4-3-5-15)22-29-23-18-8-19(25)21(34-2)9-20(18)28-24(26)33(23)30-22/h8-10,13-16H,3-7,11-12H2,1-2H3,(H2,26,28)/t14-,16+/m0/s1. The van der Waals surface area contributed by atoms with Crippen molar-refractivity contribution >= 4 is 28.2 Å². The van der Waals surface area contributed by atoms with Gasteiger partial charge in [-0.1, -0.05) is 6.42 Å². The molecule has 4 heterocycles. The predicted molar refractivity (Wildman–Crippen MR) is 128 cm³/mol. The first-order valence-electron chi connectivity index (χ1n) is 12.0. The van der Waals surface area contributed by atoms with E-state index in [2.05, 4.69) is 32.8 Å². The van der Waals surface area contributed by atoms with Crippen LogP contribution in [-0.4, -0.2) is 49.1 Å². The molecular formula is C24H29FN8O. The molecule has 1 saturated heterocycles. The minimum absolute atomic E-state index is 0.123. The quantitative estimate of drug-likeness (QED) is 0.480. The van der Waals surface area contributed by atoms with E-state index < -0.39 is 5.82 Å². The Bertz CT molecular complexity index is 1360. The van der Waals surface area contributed by atoms with Crippen LogP contribution in [0, 0.1) is 11.7 Å². The number of nitrogens with zero attached hydrogens (tertiary/aromatic N) is 7. The molecule has 178 valence electrons. The third-order valence-electron chi connectivity index (χ3n) is 7.46. The van der Waals surface area contributed by atoms with Crippen LogP contribution in [0.25, 0.3) is 16.6 Å². The summed E-state index contributed by atoms with van der Waals surface area (Å²) in [6, 6.07) is 3.34. The summed E-state index contributed by atoms with van der Waals surface area (Å²) in [7, 11) is 1.42. The number of halogens is 1. The van der Waals surface area contributed by atoms with E-state index >= 15 is 0 Å². The average molecular weight is 465 g/mol. The van der Waals surface area contributed by atoms with Gasteiger partial charge in [0.25, 0.3) is 0 Å². The molecule has 0 spiro atoms. The lowest BCUT2D eigenvalue weighted by atomic mass is 9.85. The molecule has 0 amide bonds. The van der Waals surface area contributed by atoms with Crippen molar-refractivity contribution in [3.8, 4) is 5.75 Å². The number of nitrogens with two attached hydrogens (primary N) is 1. The number of aromatic nitrogens is 6. The SMILES string of the molecule is COc1cc2nc(N)n3nc([C@@H]4CC[C@H](C)N(c5cnn(CC6CCC6)c5)C4)nc3c2cc1F. The second kappa shape index (κ2) is 8.11. The van der Waals surface area contributed by atoms with Crippen molar-refractivity contribution in [1.29, 1.82) is 0 Å². The van der Waals surface area contributed by atoms with Gasteiger partial charge in [0.1, 0.15) is 0 Å². The van der Waals surface area contributed by atoms with E-state index in [9.17, 15) is 4.39 Å². The number of hydrogen-bond donors (Lipinski definition) is 1. The average Bonchev–Trinajstić information content (AvgIpc) is 3.45. The Morgan fingerprint density at radius 1 is 1.18 bits per heavy atom. The Morgan fingerprint density at radius 3 is 2.79 bits per heavy atom. The Hall–Kier alpha value is -3.43. The molecule has 0 bridgehead atoms. The minimum atomic E-state index is -0.468. The fraction of sp³-hybridized carbons (Fsp3) is 0.500. The molecule has 2 fully saturated rings. The van der Waals surface area contributed by atoms with Crippen LogP contribution in [0.15, 0.2) is 24.5 Å². The van der Waals surface area contributed by atoms with Crippen LogP contribution in [0.3, 0.4) is 0 Å². The van der Waals surface area contributed by atoms with Crippen molar-refractivity contribution in [1.82, 2.24) is 29.4 Å². The first-order chi connectivity index (χ1) is 16.5. The van der Waals surface area contributed by atoms with Gasteiger partial charge in [-0.25, -0.2) is 14.4 Å². The zero-order chi connectivity index (χ0) is 23.4. The lowest BCUT2D eigenvalue weighted by molar-refractivity contribution is 0.266. The summed E-state index contributed by atoms with van der Waals surface area (Å²) in [5.74, 6) is 1.47. The van der Waals surface area contributed by atoms with Crippen LogP contribution >= 0.6 is 0 Å². The number of hydrogen-bond acceptors (Lipinski definition) is 7. The molecule has 1 aliphatic carbocycles. The summed E-state index contributed by atoms with van der Waals surface area (Å²) < 4.78 is 23.1. The maximum absolute atomic E-state index is 14.4. The molecule has 1 saturated carbocycles. The second-order valence-electron chi connectivity index (χ2n) is 9.67. The van der Waals surface area contributed by atoms with Gasteiger partial charge < -0.3 is 15.4 Å². The van der Waals surface area contributed by atoms with E-state index in [1.165, 1.54) is 37.0 Å². The van der Waals surface area contributed by atoms with Gasteiger partial charge >= 0.3 is 0 Å². The molecule has 2 aliphatic rings. The maximum atomic E-state index is 14.4. The zero-order valence-corrected chi connectivity index (χ0v) is 19.5. The monoisotopic (exact) mass is 464 g/mol. The van der Waals surface area contributed by atoms with Crippen LogP contribution < -0.4 is 15.4 Å². The van der Waals surface area contributed by atoms with Gasteiger partial charge in [0.15, 0.2) is 23.0 Å². The molecule has 10 heteroatoms. The molecule has 4 aromatic rings. The molecule has 6 rings (SSSR count). The van der Waals surface area contributed by atoms with E-state index in [0.29, 0.717) is 28.4 Å². The molecule has 2 N–H and O–H groups in total. The first-order valence-corrected chi connectivity index (χ1v) is 12.0. The van der Waals surface area contributed by atoms with Crippen LogP contribution in [0.2, 0.25) is 0 Å². The summed E-state index contributed by atoms with van der Waals surface area (Å²) in [5, 5.41) is 9.87. The Morgan fingerprint density at radius 2 is 2.03 bits per heavy atom. The highest BCUT2D eigenvalue weighted by molar-refractivity contribution is 5.93. The topological polar surface area (TPSA) is 99.4 Å². The molecule has 1 aliphatic heterocycles. The number of piperidine rings is 1. The molecule has 0 unspecified atom stereocenters. The van der Waals surface area contributed by atoms with Crippen molar-refractivity contribution in [2.24, 2.45) is 5.92 Å². The zero-order valence-electron chi connectivity index (χ0n) is 19.5. The predicted octanol–water partition coefficient (Wildman–Crippen LogP) is 3.78. The van der Waals surface area contributed by atoms with Crippen molar-refractivity contribution < 1.29 is 9.13 Å². The number of anilines is 2. The molecule has 0 radical (unpaired) electrons. The number of fused-ring (bicyclic) bond motifs is 3. The summed E-state index contributed by atoms with van der Waals surface area (Å²) in [6.07, 6.45) is 10.1. The van der Waals surface area contributed by atoms with E-state index in [1.54, 1.807) is 6.07 Å². The van der Waals surface area contributed by atoms with Crippen LogP contribution in [0.5, 0.6) is 5.75 Å². The largest absolute Gasteiger partial charge is 0.494 e. The lowest BCUT2D eigenvalue weighted by Gasteiger charge is -2.37. The van der Waals surface area contributed by atoms with E-state index in [-0.39, 0.29) is 17.6 Å². The summed E-state index contributed by atoms with van der Waals surface area (Å²) >= 11 is 0. The van der Waals surface area contributed by atoms with Gasteiger partial charge in [-0.3, -0.25) is 4.68 Å². The summed E-state index contributed by atoms with van der Waals surface area (Å²) in [4.78, 5) is 11.6. The van der Waals surface area contributed by atoms with Crippen LogP contribution in [0.1, 0.15) is 50.8 Å². The number of benzene rings is 1. The Balaban J connectivity index is 1.31. The second-order valence-corrected chi connectivity index (χ2v) is 9.67. The smallest absolute Gasteiger partial charge is 0.223 e. The molecule has 9 nitrogen and oxygen atoms in total. The van der Waals surface area contributed by atoms with E-state index in [0.717, 1.165) is 37.5 Å². The summed E-state index contributed by atoms with van der Waals surface area (Å²) in [6.45, 7) is 4.04. The normalized spacial score (nSPS) is 21.3. The van der Waals surface area contributed by atoms with E-state index in [4.69, 9.17) is 20.6 Å². The fourth-order valence-corrected chi connectivity index (χ4v) is 5.19. The molecule has 34 heavy (non-hydrogen) atoms. The minimum Gasteiger partial charge on any atom is -0.494 e. The van der Waals surface area contributed by atoms with Gasteiger partial charge in [-0.2, -0.15) is 9.61 Å². The van der Waals surface area contributed by atoms with Crippen LogP contribution in [0.4, 0.5) is 16.0 Å². The number of methoxy groups -OCH3 is 1. The molecule has 1 aromatic carbocycles. The summed E-state index contributed by atoms with van der Waals surface area (Å²) in [5.41, 5.74) is 8.37. The lowest BCUT2D eigenvalue weighted by Crippen LogP contribution is -2.41.